The quantitative estimate of drug-likeness (QED) is 0.811. The Bertz CT molecular complexity index is 571. The van der Waals surface area contributed by atoms with E-state index in [2.05, 4.69) is 15.5 Å². The molecule has 0 radical (unpaired) electrons. The van der Waals surface area contributed by atoms with Crippen LogP contribution in [-0.2, 0) is 27.3 Å². The van der Waals surface area contributed by atoms with Crippen LogP contribution in [-0.4, -0.2) is 44.0 Å². The molecule has 0 spiro atoms. The zero-order valence-electron chi connectivity index (χ0n) is 11.8. The number of aliphatic carboxylic acids is 1. The summed E-state index contributed by atoms with van der Waals surface area (Å²) < 4.78 is 7.27. The summed E-state index contributed by atoms with van der Waals surface area (Å²) in [5.74, 6) is 0.382. The van der Waals surface area contributed by atoms with Gasteiger partial charge in [0.15, 0.2) is 11.9 Å². The van der Waals surface area contributed by atoms with Crippen LogP contribution in [0.1, 0.15) is 43.9 Å². The zero-order valence-corrected chi connectivity index (χ0v) is 11.8. The van der Waals surface area contributed by atoms with Crippen LogP contribution in [0.3, 0.4) is 0 Å². The van der Waals surface area contributed by atoms with E-state index in [9.17, 15) is 9.59 Å². The number of nitrogens with one attached hydrogen (secondary N) is 1. The zero-order chi connectivity index (χ0) is 15.0. The van der Waals surface area contributed by atoms with E-state index in [1.165, 1.54) is 0 Å². The molecule has 1 aromatic rings. The summed E-state index contributed by atoms with van der Waals surface area (Å²) in [6.07, 6.45) is 1.17. The number of rotatable bonds is 4. The van der Waals surface area contributed by atoms with Crippen molar-refractivity contribution in [1.29, 1.82) is 0 Å². The molecule has 1 unspecified atom stereocenters. The van der Waals surface area contributed by atoms with Gasteiger partial charge in [0.2, 0.25) is 5.91 Å². The summed E-state index contributed by atoms with van der Waals surface area (Å²) in [5, 5.41) is 19.9. The van der Waals surface area contributed by atoms with Crippen LogP contribution < -0.4 is 5.32 Å². The lowest BCUT2D eigenvalue weighted by Gasteiger charge is -2.17. The number of fused-ring (bicyclic) bond motifs is 1. The molecular formula is C13H18N4O4. The van der Waals surface area contributed by atoms with Crippen LogP contribution in [0, 0.1) is 0 Å². The standard InChI is InChI=1S/C13H18N4O4/c1-7(11-16-15-10-3-2-6-17(10)11)14-12(18)8-4-5-9(21-8)13(19)20/h7-9H,2-6H2,1H3,(H,14,18)(H,19,20)/t7?,8-,9+/m0/s1. The van der Waals surface area contributed by atoms with Crippen LogP contribution in [0.4, 0.5) is 0 Å². The van der Waals surface area contributed by atoms with E-state index in [1.54, 1.807) is 0 Å². The molecule has 8 nitrogen and oxygen atoms in total. The van der Waals surface area contributed by atoms with Crippen LogP contribution in [0.15, 0.2) is 0 Å². The van der Waals surface area contributed by atoms with Gasteiger partial charge in [0.1, 0.15) is 11.9 Å². The maximum atomic E-state index is 12.1. The number of hydrogen-bond donors (Lipinski definition) is 2. The molecule has 1 fully saturated rings. The van der Waals surface area contributed by atoms with Crippen molar-refractivity contribution in [3.63, 3.8) is 0 Å². The summed E-state index contributed by atoms with van der Waals surface area (Å²) in [6, 6.07) is -0.274. The highest BCUT2D eigenvalue weighted by molar-refractivity contribution is 5.82. The number of aryl methyl sites for hydroxylation is 1. The molecule has 0 bridgehead atoms. The fraction of sp³-hybridized carbons (Fsp3) is 0.692. The van der Waals surface area contributed by atoms with Gasteiger partial charge in [0, 0.05) is 13.0 Å². The fourth-order valence-electron chi connectivity index (χ4n) is 2.88. The number of hydrogen-bond acceptors (Lipinski definition) is 5. The Balaban J connectivity index is 1.61. The van der Waals surface area contributed by atoms with Crippen molar-refractivity contribution in [2.75, 3.05) is 0 Å². The monoisotopic (exact) mass is 294 g/mol. The molecule has 1 saturated heterocycles. The number of ether oxygens (including phenoxy) is 1. The number of amides is 1. The van der Waals surface area contributed by atoms with Gasteiger partial charge in [-0.05, 0) is 26.2 Å². The molecule has 3 atom stereocenters. The first-order valence-electron chi connectivity index (χ1n) is 7.17. The third kappa shape index (κ3) is 2.63. The number of carbonyl (C=O) groups excluding carboxylic acids is 1. The highest BCUT2D eigenvalue weighted by Gasteiger charge is 2.35. The molecule has 2 aliphatic rings. The molecule has 8 heteroatoms. The van der Waals surface area contributed by atoms with Crippen LogP contribution in [0.25, 0.3) is 0 Å². The number of carbonyl (C=O) groups is 2. The average Bonchev–Trinajstić information content (AvgIpc) is 3.14. The second-order valence-electron chi connectivity index (χ2n) is 5.49. The van der Waals surface area contributed by atoms with Gasteiger partial charge in [-0.3, -0.25) is 4.79 Å². The van der Waals surface area contributed by atoms with E-state index >= 15 is 0 Å². The Morgan fingerprint density at radius 2 is 2.14 bits per heavy atom. The summed E-state index contributed by atoms with van der Waals surface area (Å²) in [7, 11) is 0. The molecule has 1 aromatic heterocycles. The van der Waals surface area contributed by atoms with Gasteiger partial charge >= 0.3 is 5.97 Å². The number of aromatic nitrogens is 3. The number of carboxylic acids is 1. The predicted molar refractivity (Wildman–Crippen MR) is 70.4 cm³/mol. The minimum atomic E-state index is -1.02. The molecule has 1 amide bonds. The first kappa shape index (κ1) is 14.0. The van der Waals surface area contributed by atoms with Gasteiger partial charge in [-0.2, -0.15) is 0 Å². The molecule has 21 heavy (non-hydrogen) atoms. The molecule has 0 aliphatic carbocycles. The van der Waals surface area contributed by atoms with E-state index in [0.29, 0.717) is 12.8 Å². The molecular weight excluding hydrogens is 276 g/mol. The fourth-order valence-corrected chi connectivity index (χ4v) is 2.88. The van der Waals surface area contributed by atoms with Gasteiger partial charge < -0.3 is 19.7 Å². The van der Waals surface area contributed by atoms with Gasteiger partial charge in [0.25, 0.3) is 0 Å². The number of nitrogens with zero attached hydrogens (tertiary/aromatic N) is 3. The normalized spacial score (nSPS) is 25.6. The molecule has 2 N–H and O–H groups in total. The van der Waals surface area contributed by atoms with Crippen molar-refractivity contribution in [2.24, 2.45) is 0 Å². The molecule has 0 aromatic carbocycles. The Morgan fingerprint density at radius 3 is 2.86 bits per heavy atom. The SMILES string of the molecule is CC(NC(=O)[C@@H]1CC[C@H](C(=O)O)O1)c1nnc2n1CCC2. The van der Waals surface area contributed by atoms with Crippen molar-refractivity contribution < 1.29 is 19.4 Å². The summed E-state index contributed by atoms with van der Waals surface area (Å²) >= 11 is 0. The van der Waals surface area contributed by atoms with Crippen molar-refractivity contribution in [3.8, 4) is 0 Å². The van der Waals surface area contributed by atoms with Crippen LogP contribution >= 0.6 is 0 Å². The summed E-state index contributed by atoms with van der Waals surface area (Å²) in [5.41, 5.74) is 0. The lowest BCUT2D eigenvalue weighted by Crippen LogP contribution is -2.37. The molecule has 2 aliphatic heterocycles. The van der Waals surface area contributed by atoms with Gasteiger partial charge in [-0.25, -0.2) is 4.79 Å². The maximum Gasteiger partial charge on any atom is 0.332 e. The van der Waals surface area contributed by atoms with Crippen LogP contribution in [0.5, 0.6) is 0 Å². The van der Waals surface area contributed by atoms with E-state index < -0.39 is 18.2 Å². The smallest absolute Gasteiger partial charge is 0.332 e. The number of carboxylic acid groups (broad SMARTS) is 1. The highest BCUT2D eigenvalue weighted by Crippen LogP contribution is 2.22. The third-order valence-electron chi connectivity index (χ3n) is 3.97. The Labute approximate surface area is 121 Å². The van der Waals surface area contributed by atoms with Crippen molar-refractivity contribution >= 4 is 11.9 Å². The molecule has 3 rings (SSSR count). The molecule has 3 heterocycles. The first-order valence-corrected chi connectivity index (χ1v) is 7.17. The Morgan fingerprint density at radius 1 is 1.38 bits per heavy atom. The average molecular weight is 294 g/mol. The lowest BCUT2D eigenvalue weighted by molar-refractivity contribution is -0.151. The van der Waals surface area contributed by atoms with Gasteiger partial charge in [-0.15, -0.1) is 10.2 Å². The second kappa shape index (κ2) is 5.44. The molecule has 0 saturated carbocycles. The second-order valence-corrected chi connectivity index (χ2v) is 5.49. The summed E-state index contributed by atoms with van der Waals surface area (Å²) in [4.78, 5) is 23.0. The van der Waals surface area contributed by atoms with E-state index in [-0.39, 0.29) is 11.9 Å². The largest absolute Gasteiger partial charge is 0.479 e. The topological polar surface area (TPSA) is 106 Å². The summed E-state index contributed by atoms with van der Waals surface area (Å²) in [6.45, 7) is 2.72. The molecule has 114 valence electrons. The maximum absolute atomic E-state index is 12.1. The van der Waals surface area contributed by atoms with Crippen LogP contribution in [0.2, 0.25) is 0 Å². The highest BCUT2D eigenvalue weighted by atomic mass is 16.5. The van der Waals surface area contributed by atoms with E-state index in [1.807, 2.05) is 11.5 Å². The van der Waals surface area contributed by atoms with Crippen molar-refractivity contribution in [1.82, 2.24) is 20.1 Å². The first-order chi connectivity index (χ1) is 10.1. The van der Waals surface area contributed by atoms with E-state index in [4.69, 9.17) is 9.84 Å². The minimum Gasteiger partial charge on any atom is -0.479 e. The van der Waals surface area contributed by atoms with Crippen molar-refractivity contribution in [3.05, 3.63) is 11.6 Å². The Hall–Kier alpha value is -1.96. The third-order valence-corrected chi connectivity index (χ3v) is 3.97. The minimum absolute atomic E-state index is 0.274. The van der Waals surface area contributed by atoms with Crippen molar-refractivity contribution in [2.45, 2.75) is 57.4 Å². The van der Waals surface area contributed by atoms with E-state index in [0.717, 1.165) is 31.0 Å². The predicted octanol–water partition coefficient (Wildman–Crippen LogP) is 0.0337. The Kier molecular flexibility index (Phi) is 3.62. The lowest BCUT2D eigenvalue weighted by atomic mass is 10.2. The van der Waals surface area contributed by atoms with Gasteiger partial charge in [0.05, 0.1) is 6.04 Å². The van der Waals surface area contributed by atoms with Gasteiger partial charge in [-0.1, -0.05) is 0 Å².